The lowest BCUT2D eigenvalue weighted by molar-refractivity contribution is -0.384. The van der Waals surface area contributed by atoms with Gasteiger partial charge in [-0.05, 0) is 24.3 Å². The number of carbonyl (C=O) groups excluding carboxylic acids is 2. The molecule has 0 unspecified atom stereocenters. The largest absolute Gasteiger partial charge is 0.366 e. The van der Waals surface area contributed by atoms with E-state index >= 15 is 0 Å². The van der Waals surface area contributed by atoms with E-state index in [4.69, 9.17) is 17.3 Å². The van der Waals surface area contributed by atoms with E-state index in [-0.39, 0.29) is 22.0 Å². The van der Waals surface area contributed by atoms with Crippen molar-refractivity contribution in [2.24, 2.45) is 5.73 Å². The smallest absolute Gasteiger partial charge is 0.270 e. The first kappa shape index (κ1) is 17.2. The van der Waals surface area contributed by atoms with Crippen molar-refractivity contribution in [1.29, 1.82) is 0 Å². The number of hydrogen-bond donors (Lipinski definition) is 2. The highest BCUT2D eigenvalue weighted by Gasteiger charge is 2.10. The van der Waals surface area contributed by atoms with Crippen LogP contribution in [0.25, 0.3) is 6.08 Å². The molecule has 0 saturated heterocycles. The standard InChI is InChI=1S/C16H12ClN3O4/c17-13-7-6-11(20(23)24)9-10(13)5-8-15(21)19-14-4-2-1-3-12(14)16(18)22/h1-9H,(H2,18,22)(H,19,21)/b8-5+. The summed E-state index contributed by atoms with van der Waals surface area (Å²) in [5.41, 5.74) is 5.86. The molecule has 8 heteroatoms. The summed E-state index contributed by atoms with van der Waals surface area (Å²) in [5, 5.41) is 13.5. The van der Waals surface area contributed by atoms with Gasteiger partial charge in [-0.25, -0.2) is 0 Å². The normalized spacial score (nSPS) is 10.5. The van der Waals surface area contributed by atoms with Gasteiger partial charge in [-0.3, -0.25) is 19.7 Å². The van der Waals surface area contributed by atoms with Crippen molar-refractivity contribution in [3.63, 3.8) is 0 Å². The third-order valence-electron chi connectivity index (χ3n) is 3.06. The number of carbonyl (C=O) groups is 2. The first-order valence-corrected chi connectivity index (χ1v) is 7.08. The second-order valence-electron chi connectivity index (χ2n) is 4.70. The Bertz CT molecular complexity index is 849. The molecule has 2 amide bonds. The SMILES string of the molecule is NC(=O)c1ccccc1NC(=O)/C=C/c1cc([N+](=O)[O-])ccc1Cl. The molecule has 122 valence electrons. The molecule has 0 radical (unpaired) electrons. The Hall–Kier alpha value is -3.19. The van der Waals surface area contributed by atoms with Crippen molar-refractivity contribution in [3.8, 4) is 0 Å². The van der Waals surface area contributed by atoms with Crippen LogP contribution in [0.15, 0.2) is 48.5 Å². The van der Waals surface area contributed by atoms with Crippen molar-refractivity contribution < 1.29 is 14.5 Å². The van der Waals surface area contributed by atoms with Gasteiger partial charge in [0.05, 0.1) is 16.2 Å². The Labute approximate surface area is 141 Å². The predicted octanol–water partition coefficient (Wildman–Crippen LogP) is 3.00. The highest BCUT2D eigenvalue weighted by molar-refractivity contribution is 6.32. The third kappa shape index (κ3) is 4.17. The molecular formula is C16H12ClN3O4. The lowest BCUT2D eigenvalue weighted by atomic mass is 10.1. The van der Waals surface area contributed by atoms with Crippen LogP contribution in [0.3, 0.4) is 0 Å². The van der Waals surface area contributed by atoms with E-state index in [2.05, 4.69) is 5.32 Å². The fourth-order valence-corrected chi connectivity index (χ4v) is 2.10. The van der Waals surface area contributed by atoms with Gasteiger partial charge in [0.1, 0.15) is 0 Å². The first-order chi connectivity index (χ1) is 11.4. The number of nitrogens with zero attached hydrogens (tertiary/aromatic N) is 1. The summed E-state index contributed by atoms with van der Waals surface area (Å²) in [6, 6.07) is 10.2. The van der Waals surface area contributed by atoms with Gasteiger partial charge in [-0.1, -0.05) is 23.7 Å². The Kier molecular flexibility index (Phi) is 5.28. The van der Waals surface area contributed by atoms with Gasteiger partial charge in [0.2, 0.25) is 5.91 Å². The Morgan fingerprint density at radius 3 is 2.58 bits per heavy atom. The number of rotatable bonds is 5. The molecule has 0 aromatic heterocycles. The number of para-hydroxylation sites is 1. The number of amides is 2. The van der Waals surface area contributed by atoms with E-state index in [0.717, 1.165) is 6.08 Å². The molecule has 0 fully saturated rings. The number of nitrogens with one attached hydrogen (secondary N) is 1. The second-order valence-corrected chi connectivity index (χ2v) is 5.10. The van der Waals surface area contributed by atoms with Gasteiger partial charge in [0, 0.05) is 28.8 Å². The fourth-order valence-electron chi connectivity index (χ4n) is 1.92. The minimum absolute atomic E-state index is 0.140. The van der Waals surface area contributed by atoms with E-state index < -0.39 is 16.7 Å². The van der Waals surface area contributed by atoms with Crippen molar-refractivity contribution in [2.75, 3.05) is 5.32 Å². The maximum Gasteiger partial charge on any atom is 0.270 e. The van der Waals surface area contributed by atoms with E-state index in [1.807, 2.05) is 0 Å². The second kappa shape index (κ2) is 7.38. The molecule has 0 saturated carbocycles. The number of nitrogens with two attached hydrogens (primary N) is 1. The van der Waals surface area contributed by atoms with E-state index in [1.54, 1.807) is 12.1 Å². The van der Waals surface area contributed by atoms with Crippen LogP contribution in [-0.2, 0) is 4.79 Å². The molecule has 0 bridgehead atoms. The number of anilines is 1. The average molecular weight is 346 g/mol. The van der Waals surface area contributed by atoms with Crippen LogP contribution >= 0.6 is 11.6 Å². The van der Waals surface area contributed by atoms with Crippen molar-refractivity contribution in [2.45, 2.75) is 0 Å². The Morgan fingerprint density at radius 1 is 1.21 bits per heavy atom. The van der Waals surface area contributed by atoms with E-state index in [1.165, 1.54) is 36.4 Å². The molecule has 7 nitrogen and oxygen atoms in total. The van der Waals surface area contributed by atoms with Gasteiger partial charge in [0.25, 0.3) is 11.6 Å². The summed E-state index contributed by atoms with van der Waals surface area (Å²) in [6.07, 6.45) is 2.50. The fraction of sp³-hybridized carbons (Fsp3) is 0. The number of primary amides is 1. The lowest BCUT2D eigenvalue weighted by Gasteiger charge is -2.06. The summed E-state index contributed by atoms with van der Waals surface area (Å²) in [4.78, 5) is 33.5. The highest BCUT2D eigenvalue weighted by Crippen LogP contribution is 2.23. The Morgan fingerprint density at radius 2 is 1.92 bits per heavy atom. The molecular weight excluding hydrogens is 334 g/mol. The quantitative estimate of drug-likeness (QED) is 0.492. The number of benzene rings is 2. The molecule has 2 aromatic carbocycles. The number of nitro groups is 1. The zero-order valence-electron chi connectivity index (χ0n) is 12.2. The molecule has 0 aliphatic heterocycles. The zero-order valence-corrected chi connectivity index (χ0v) is 13.0. The highest BCUT2D eigenvalue weighted by atomic mass is 35.5. The van der Waals surface area contributed by atoms with Crippen molar-refractivity contribution in [1.82, 2.24) is 0 Å². The first-order valence-electron chi connectivity index (χ1n) is 6.70. The van der Waals surface area contributed by atoms with Gasteiger partial charge in [-0.15, -0.1) is 0 Å². The summed E-state index contributed by atoms with van der Waals surface area (Å²) >= 11 is 5.94. The van der Waals surface area contributed by atoms with Crippen LogP contribution in [0.5, 0.6) is 0 Å². The van der Waals surface area contributed by atoms with Gasteiger partial charge in [-0.2, -0.15) is 0 Å². The van der Waals surface area contributed by atoms with Gasteiger partial charge >= 0.3 is 0 Å². The molecule has 0 spiro atoms. The predicted molar refractivity (Wildman–Crippen MR) is 90.7 cm³/mol. The average Bonchev–Trinajstić information content (AvgIpc) is 2.54. The monoisotopic (exact) mass is 345 g/mol. The summed E-state index contributed by atoms with van der Waals surface area (Å²) in [6.45, 7) is 0. The molecule has 0 heterocycles. The molecule has 0 aliphatic carbocycles. The van der Waals surface area contributed by atoms with Crippen LogP contribution in [0.2, 0.25) is 5.02 Å². The number of hydrogen-bond acceptors (Lipinski definition) is 4. The third-order valence-corrected chi connectivity index (χ3v) is 3.40. The maximum absolute atomic E-state index is 12.0. The van der Waals surface area contributed by atoms with Crippen LogP contribution in [0, 0.1) is 10.1 Å². The van der Waals surface area contributed by atoms with Crippen LogP contribution in [-0.4, -0.2) is 16.7 Å². The summed E-state index contributed by atoms with van der Waals surface area (Å²) < 4.78 is 0. The molecule has 3 N–H and O–H groups in total. The minimum Gasteiger partial charge on any atom is -0.366 e. The number of non-ortho nitro benzene ring substituents is 1. The zero-order chi connectivity index (χ0) is 17.7. The van der Waals surface area contributed by atoms with Crippen LogP contribution in [0.4, 0.5) is 11.4 Å². The number of halogens is 1. The van der Waals surface area contributed by atoms with Crippen molar-refractivity contribution in [3.05, 3.63) is 74.8 Å². The van der Waals surface area contributed by atoms with Crippen molar-refractivity contribution >= 4 is 40.9 Å². The summed E-state index contributed by atoms with van der Waals surface area (Å²) in [5.74, 6) is -1.21. The molecule has 0 atom stereocenters. The molecule has 0 aliphatic rings. The minimum atomic E-state index is -0.670. The summed E-state index contributed by atoms with van der Waals surface area (Å²) in [7, 11) is 0. The lowest BCUT2D eigenvalue weighted by Crippen LogP contribution is -2.16. The topological polar surface area (TPSA) is 115 Å². The van der Waals surface area contributed by atoms with Gasteiger partial charge < -0.3 is 11.1 Å². The van der Waals surface area contributed by atoms with Crippen LogP contribution in [0.1, 0.15) is 15.9 Å². The van der Waals surface area contributed by atoms with Gasteiger partial charge in [0.15, 0.2) is 0 Å². The van der Waals surface area contributed by atoms with E-state index in [9.17, 15) is 19.7 Å². The molecule has 2 rings (SSSR count). The molecule has 24 heavy (non-hydrogen) atoms. The molecule has 2 aromatic rings. The Balaban J connectivity index is 2.19. The number of nitro benzene ring substituents is 1. The maximum atomic E-state index is 12.0. The van der Waals surface area contributed by atoms with Crippen LogP contribution < -0.4 is 11.1 Å². The van der Waals surface area contributed by atoms with E-state index in [0.29, 0.717) is 5.56 Å².